The summed E-state index contributed by atoms with van der Waals surface area (Å²) in [6.07, 6.45) is 0.104. The fourth-order valence-corrected chi connectivity index (χ4v) is 2.96. The molecule has 0 spiro atoms. The lowest BCUT2D eigenvalue weighted by Crippen LogP contribution is -3.06. The number of carboxylic acids is 2. The standard InChI is InChI=1S/C13H17NOS2.C2H2O4/c1-14(2)5-6-15-13(11-3-7-16-9-11)12-4-8-17-10-12;3-1(4)2(5)6/h3-4,7-10,13H,5-6H2,1-2H3;(H,3,4)(H,5,6). The second kappa shape index (κ2) is 10.1. The summed E-state index contributed by atoms with van der Waals surface area (Å²) >= 11 is 3.45. The van der Waals surface area contributed by atoms with Crippen LogP contribution in [-0.4, -0.2) is 44.3 Å². The highest BCUT2D eigenvalue weighted by molar-refractivity contribution is 7.08. The molecule has 0 unspecified atom stereocenters. The fraction of sp³-hybridized carbons (Fsp3) is 0.333. The van der Waals surface area contributed by atoms with E-state index in [0.29, 0.717) is 0 Å². The molecule has 2 N–H and O–H groups in total. The molecule has 2 aromatic heterocycles. The minimum atomic E-state index is -2.07. The molecule has 0 radical (unpaired) electrons. The second-order valence-electron chi connectivity index (χ2n) is 4.91. The summed E-state index contributed by atoms with van der Waals surface area (Å²) in [5, 5.41) is 24.9. The molecule has 126 valence electrons. The van der Waals surface area contributed by atoms with Crippen LogP contribution in [0.3, 0.4) is 0 Å². The first kappa shape index (κ1) is 19.3. The average Bonchev–Trinajstić information content (AvgIpc) is 3.17. The number of thiophene rings is 2. The van der Waals surface area contributed by atoms with E-state index >= 15 is 0 Å². The molecule has 0 amide bonds. The maximum atomic E-state index is 9.04. The zero-order valence-electron chi connectivity index (χ0n) is 12.9. The third-order valence-electron chi connectivity index (χ3n) is 2.75. The van der Waals surface area contributed by atoms with Gasteiger partial charge in [0, 0.05) is 0 Å². The second-order valence-corrected chi connectivity index (χ2v) is 6.47. The van der Waals surface area contributed by atoms with Crippen molar-refractivity contribution in [3.63, 3.8) is 0 Å². The number of hydrogen-bond acceptors (Lipinski definition) is 6. The number of aliphatic carboxylic acids is 2. The molecule has 0 saturated carbocycles. The molecule has 0 fully saturated rings. The molecule has 0 atom stereocenters. The monoisotopic (exact) mass is 357 g/mol. The van der Waals surface area contributed by atoms with Crippen molar-refractivity contribution in [2.24, 2.45) is 0 Å². The van der Waals surface area contributed by atoms with E-state index < -0.39 is 11.9 Å². The number of carbonyl (C=O) groups is 2. The van der Waals surface area contributed by atoms with Crippen molar-refractivity contribution in [3.05, 3.63) is 44.8 Å². The van der Waals surface area contributed by atoms with E-state index in [1.807, 2.05) is 0 Å². The largest absolute Gasteiger partial charge is 0.539 e. The van der Waals surface area contributed by atoms with Gasteiger partial charge in [-0.2, -0.15) is 22.7 Å². The summed E-state index contributed by atoms with van der Waals surface area (Å²) in [4.78, 5) is 19.4. The highest BCUT2D eigenvalue weighted by Gasteiger charge is 2.15. The van der Waals surface area contributed by atoms with E-state index in [4.69, 9.17) is 24.5 Å². The first-order chi connectivity index (χ1) is 10.9. The molecule has 0 aliphatic rings. The third-order valence-corrected chi connectivity index (χ3v) is 4.16. The number of carbonyl (C=O) groups excluding carboxylic acids is 1. The van der Waals surface area contributed by atoms with Gasteiger partial charge in [0.25, 0.3) is 0 Å². The zero-order valence-corrected chi connectivity index (χ0v) is 14.5. The SMILES string of the molecule is C[NH+](C)CCOC(c1ccsc1)c1ccsc1.O=C([O-])C(=O)O. The average molecular weight is 357 g/mol. The molecule has 6 nitrogen and oxygen atoms in total. The van der Waals surface area contributed by atoms with Gasteiger partial charge in [0.2, 0.25) is 0 Å². The third kappa shape index (κ3) is 7.38. The van der Waals surface area contributed by atoms with Crippen molar-refractivity contribution in [2.45, 2.75) is 6.10 Å². The molecule has 0 saturated heterocycles. The van der Waals surface area contributed by atoms with Crippen molar-refractivity contribution >= 4 is 34.6 Å². The van der Waals surface area contributed by atoms with Crippen molar-refractivity contribution in [2.75, 3.05) is 27.2 Å². The van der Waals surface area contributed by atoms with Gasteiger partial charge in [-0.3, -0.25) is 0 Å². The van der Waals surface area contributed by atoms with Crippen molar-refractivity contribution in [1.82, 2.24) is 0 Å². The Kier molecular flexibility index (Phi) is 8.49. The topological polar surface area (TPSA) is 91.1 Å². The predicted molar refractivity (Wildman–Crippen MR) is 86.8 cm³/mol. The summed E-state index contributed by atoms with van der Waals surface area (Å²) in [6, 6.07) is 4.30. The zero-order chi connectivity index (χ0) is 17.2. The van der Waals surface area contributed by atoms with E-state index in [1.54, 1.807) is 22.7 Å². The van der Waals surface area contributed by atoms with E-state index in [-0.39, 0.29) is 6.10 Å². The van der Waals surface area contributed by atoms with Crippen LogP contribution in [0.2, 0.25) is 0 Å². The Bertz CT molecular complexity index is 535. The molecular weight excluding hydrogens is 338 g/mol. The molecule has 2 rings (SSSR count). The molecule has 0 aliphatic heterocycles. The summed E-state index contributed by atoms with van der Waals surface area (Å²) in [5.41, 5.74) is 2.53. The van der Waals surface area contributed by atoms with E-state index in [0.717, 1.165) is 13.2 Å². The van der Waals surface area contributed by atoms with E-state index in [2.05, 4.69) is 47.7 Å². The molecular formula is C15H19NO5S2. The lowest BCUT2D eigenvalue weighted by atomic mass is 10.1. The number of hydrogen-bond donors (Lipinski definition) is 2. The van der Waals surface area contributed by atoms with E-state index in [1.165, 1.54) is 16.0 Å². The minimum absolute atomic E-state index is 0.104. The van der Waals surface area contributed by atoms with Gasteiger partial charge in [0.15, 0.2) is 5.97 Å². The van der Waals surface area contributed by atoms with E-state index in [9.17, 15) is 0 Å². The van der Waals surface area contributed by atoms with Crippen LogP contribution < -0.4 is 10.0 Å². The highest BCUT2D eigenvalue weighted by Crippen LogP contribution is 2.28. The first-order valence-corrected chi connectivity index (χ1v) is 8.69. The fourth-order valence-electron chi connectivity index (χ4n) is 1.61. The van der Waals surface area contributed by atoms with Crippen molar-refractivity contribution in [3.8, 4) is 0 Å². The number of rotatable bonds is 6. The summed E-state index contributed by atoms with van der Waals surface area (Å²) < 4.78 is 6.03. The van der Waals surface area contributed by atoms with Gasteiger partial charge in [-0.05, 0) is 44.8 Å². The summed E-state index contributed by atoms with van der Waals surface area (Å²) in [7, 11) is 4.29. The van der Waals surface area contributed by atoms with Crippen LogP contribution in [0.25, 0.3) is 0 Å². The van der Waals surface area contributed by atoms with Gasteiger partial charge >= 0.3 is 5.97 Å². The van der Waals surface area contributed by atoms with Crippen LogP contribution in [0.1, 0.15) is 17.2 Å². The normalized spacial score (nSPS) is 10.4. The molecule has 0 aliphatic carbocycles. The molecule has 8 heteroatoms. The van der Waals surface area contributed by atoms with Crippen LogP contribution in [0, 0.1) is 0 Å². The van der Waals surface area contributed by atoms with Crippen LogP contribution in [0.4, 0.5) is 0 Å². The Morgan fingerprint density at radius 1 is 1.22 bits per heavy atom. The first-order valence-electron chi connectivity index (χ1n) is 6.81. The Hall–Kier alpha value is -1.74. The molecule has 0 bridgehead atoms. The molecule has 2 heterocycles. The molecule has 0 aromatic carbocycles. The predicted octanol–water partition coefficient (Wildman–Crippen LogP) is -0.119. The van der Waals surface area contributed by atoms with Gasteiger partial charge in [0.1, 0.15) is 12.6 Å². The maximum absolute atomic E-state index is 9.04. The van der Waals surface area contributed by atoms with Gasteiger partial charge in [-0.25, -0.2) is 4.79 Å². The van der Waals surface area contributed by atoms with Gasteiger partial charge < -0.3 is 24.6 Å². The number of carboxylic acid groups (broad SMARTS) is 2. The summed E-state index contributed by atoms with van der Waals surface area (Å²) in [6.45, 7) is 1.82. The Morgan fingerprint density at radius 2 is 1.70 bits per heavy atom. The Morgan fingerprint density at radius 3 is 2.00 bits per heavy atom. The smallest absolute Gasteiger partial charge is 0.351 e. The van der Waals surface area contributed by atoms with Crippen molar-refractivity contribution in [1.29, 1.82) is 0 Å². The molecule has 23 heavy (non-hydrogen) atoms. The number of nitrogens with one attached hydrogen (secondary N) is 1. The lowest BCUT2D eigenvalue weighted by Gasteiger charge is -2.16. The van der Waals surface area contributed by atoms with Crippen LogP contribution in [0.15, 0.2) is 33.7 Å². The lowest BCUT2D eigenvalue weighted by molar-refractivity contribution is -0.858. The number of quaternary nitrogens is 1. The van der Waals surface area contributed by atoms with Gasteiger partial charge in [-0.1, -0.05) is 0 Å². The minimum Gasteiger partial charge on any atom is -0.539 e. The number of ether oxygens (including phenoxy) is 1. The van der Waals surface area contributed by atoms with Gasteiger partial charge in [0.05, 0.1) is 20.7 Å². The quantitative estimate of drug-likeness (QED) is 0.704. The Balaban J connectivity index is 0.000000379. The molecule has 2 aromatic rings. The van der Waals surface area contributed by atoms with Crippen molar-refractivity contribution < 1.29 is 29.4 Å². The Labute approximate surface area is 142 Å². The number of likely N-dealkylation sites (N-methyl/N-ethyl adjacent to an activating group) is 1. The van der Waals surface area contributed by atoms with Crippen LogP contribution in [0.5, 0.6) is 0 Å². The maximum Gasteiger partial charge on any atom is 0.351 e. The van der Waals surface area contributed by atoms with Crippen LogP contribution in [-0.2, 0) is 14.3 Å². The van der Waals surface area contributed by atoms with Gasteiger partial charge in [-0.15, -0.1) is 0 Å². The van der Waals surface area contributed by atoms with Crippen LogP contribution >= 0.6 is 22.7 Å². The highest BCUT2D eigenvalue weighted by atomic mass is 32.1. The summed E-state index contributed by atoms with van der Waals surface area (Å²) in [5.74, 6) is -4.01.